The zero-order valence-corrected chi connectivity index (χ0v) is 11.4. The summed E-state index contributed by atoms with van der Waals surface area (Å²) in [6.45, 7) is 0. The molecular weight excluding hydrogens is 278 g/mol. The first-order valence-corrected chi connectivity index (χ1v) is 6.45. The van der Waals surface area contributed by atoms with Crippen molar-refractivity contribution < 1.29 is 9.53 Å². The maximum Gasteiger partial charge on any atom is 0.348 e. The Labute approximate surface area is 118 Å². The van der Waals surface area contributed by atoms with Crippen molar-refractivity contribution in [2.24, 2.45) is 5.10 Å². The second kappa shape index (κ2) is 6.58. The second-order valence-electron chi connectivity index (χ2n) is 3.64. The van der Waals surface area contributed by atoms with Crippen molar-refractivity contribution in [3.63, 3.8) is 0 Å². The van der Waals surface area contributed by atoms with Crippen molar-refractivity contribution in [2.75, 3.05) is 12.5 Å². The third kappa shape index (κ3) is 3.72. The highest BCUT2D eigenvalue weighted by Crippen LogP contribution is 2.14. The molecule has 0 unspecified atom stereocenters. The second-order valence-corrected chi connectivity index (χ2v) is 4.67. The van der Waals surface area contributed by atoms with Gasteiger partial charge in [-0.1, -0.05) is 41.7 Å². The number of benzene rings is 1. The van der Waals surface area contributed by atoms with Crippen LogP contribution in [0.2, 0.25) is 0 Å². The number of aromatic nitrogens is 1. The van der Waals surface area contributed by atoms with Gasteiger partial charge < -0.3 is 4.74 Å². The fourth-order valence-electron chi connectivity index (χ4n) is 1.35. The molecule has 0 amide bonds. The molecule has 0 saturated carbocycles. The lowest BCUT2D eigenvalue weighted by Gasteiger charge is -2.00. The Hall–Kier alpha value is -2.54. The molecule has 0 atom stereocenters. The largest absolute Gasteiger partial charge is 0.465 e. The Kier molecular flexibility index (Phi) is 4.56. The van der Waals surface area contributed by atoms with Crippen LogP contribution < -0.4 is 11.0 Å². The van der Waals surface area contributed by atoms with Gasteiger partial charge in [-0.2, -0.15) is 10.1 Å². The molecule has 0 aliphatic heterocycles. The highest BCUT2D eigenvalue weighted by atomic mass is 32.1. The lowest BCUT2D eigenvalue weighted by molar-refractivity contribution is 0.0606. The number of anilines is 1. The van der Waals surface area contributed by atoms with E-state index in [9.17, 15) is 9.59 Å². The van der Waals surface area contributed by atoms with E-state index in [0.717, 1.165) is 23.0 Å². The molecule has 0 aliphatic carbocycles. The van der Waals surface area contributed by atoms with Gasteiger partial charge in [0.15, 0.2) is 0 Å². The molecule has 1 N–H and O–H groups in total. The van der Waals surface area contributed by atoms with Gasteiger partial charge in [0.25, 0.3) is 5.56 Å². The molecule has 6 nitrogen and oxygen atoms in total. The number of ether oxygens (including phenoxy) is 1. The Bertz CT molecular complexity index is 683. The molecule has 20 heavy (non-hydrogen) atoms. The zero-order chi connectivity index (χ0) is 14.4. The van der Waals surface area contributed by atoms with Gasteiger partial charge in [-0.3, -0.25) is 10.2 Å². The third-order valence-corrected chi connectivity index (χ3v) is 3.11. The first kappa shape index (κ1) is 13.9. The van der Waals surface area contributed by atoms with Crippen LogP contribution in [0.25, 0.3) is 0 Å². The summed E-state index contributed by atoms with van der Waals surface area (Å²) >= 11 is 0.994. The topological polar surface area (TPSA) is 80.7 Å². The molecule has 2 rings (SSSR count). The number of nitrogens with one attached hydrogen (secondary N) is 1. The lowest BCUT2D eigenvalue weighted by atomic mass is 10.2. The highest BCUT2D eigenvalue weighted by molar-refractivity contribution is 7.17. The van der Waals surface area contributed by atoms with Crippen LogP contribution in [0.1, 0.15) is 15.2 Å². The van der Waals surface area contributed by atoms with Gasteiger partial charge in [0, 0.05) is 6.07 Å². The SMILES string of the molecule is COC(=O)c1cc(=O)nc(N/N=C\c2ccccc2)s1. The normalized spacial score (nSPS) is 10.4. The fraction of sp³-hybridized carbons (Fsp3) is 0.0769. The Morgan fingerprint density at radius 1 is 1.40 bits per heavy atom. The van der Waals surface area contributed by atoms with E-state index in [4.69, 9.17) is 0 Å². The molecule has 0 fully saturated rings. The molecule has 7 heteroatoms. The minimum absolute atomic E-state index is 0.171. The van der Waals surface area contributed by atoms with Crippen LogP contribution in [-0.2, 0) is 4.74 Å². The molecule has 0 bridgehead atoms. The Morgan fingerprint density at radius 2 is 2.15 bits per heavy atom. The van der Waals surface area contributed by atoms with E-state index >= 15 is 0 Å². The van der Waals surface area contributed by atoms with Gasteiger partial charge >= 0.3 is 5.97 Å². The monoisotopic (exact) mass is 289 g/mol. The minimum Gasteiger partial charge on any atom is -0.465 e. The predicted molar refractivity (Wildman–Crippen MR) is 77.4 cm³/mol. The lowest BCUT2D eigenvalue weighted by Crippen LogP contribution is -2.10. The van der Waals surface area contributed by atoms with Crippen LogP contribution >= 0.6 is 11.3 Å². The summed E-state index contributed by atoms with van der Waals surface area (Å²) in [4.78, 5) is 26.6. The molecule has 0 aliphatic rings. The summed E-state index contributed by atoms with van der Waals surface area (Å²) in [5.41, 5.74) is 3.00. The van der Waals surface area contributed by atoms with Gasteiger partial charge in [-0.25, -0.2) is 4.79 Å². The van der Waals surface area contributed by atoms with E-state index in [1.807, 2.05) is 30.3 Å². The molecular formula is C13H11N3O3S. The number of esters is 1. The molecule has 1 heterocycles. The maximum atomic E-state index is 11.4. The van der Waals surface area contributed by atoms with Gasteiger partial charge in [-0.05, 0) is 5.56 Å². The Balaban J connectivity index is 2.14. The van der Waals surface area contributed by atoms with Gasteiger partial charge in [0.1, 0.15) is 4.88 Å². The first-order valence-electron chi connectivity index (χ1n) is 5.63. The average molecular weight is 289 g/mol. The summed E-state index contributed by atoms with van der Waals surface area (Å²) in [5.74, 6) is -0.579. The van der Waals surface area contributed by atoms with E-state index in [1.54, 1.807) is 6.21 Å². The number of nitrogens with zero attached hydrogens (tertiary/aromatic N) is 2. The van der Waals surface area contributed by atoms with Crippen molar-refractivity contribution in [1.82, 2.24) is 4.98 Å². The number of methoxy groups -OCH3 is 1. The summed E-state index contributed by atoms with van der Waals surface area (Å²) in [7, 11) is 1.25. The van der Waals surface area contributed by atoms with Crippen LogP contribution in [0.4, 0.5) is 5.13 Å². The number of hydrogen-bond donors (Lipinski definition) is 1. The van der Waals surface area contributed by atoms with Crippen LogP contribution in [0.15, 0.2) is 46.3 Å². The standard InChI is InChI=1S/C13H11N3O3S/c1-19-12(18)10-7-11(17)15-13(20-10)16-14-8-9-5-3-2-4-6-9/h2-8H,1H3,(H,15,16,17)/b14-8-. The summed E-state index contributed by atoms with van der Waals surface area (Å²) in [6.07, 6.45) is 1.59. The highest BCUT2D eigenvalue weighted by Gasteiger charge is 2.09. The number of hydrogen-bond acceptors (Lipinski definition) is 7. The van der Waals surface area contributed by atoms with Crippen molar-refractivity contribution in [2.45, 2.75) is 0 Å². The van der Waals surface area contributed by atoms with Crippen molar-refractivity contribution in [1.29, 1.82) is 0 Å². The molecule has 2 aromatic rings. The van der Waals surface area contributed by atoms with Crippen molar-refractivity contribution >= 4 is 28.7 Å². The number of carbonyl (C=O) groups is 1. The van der Waals surface area contributed by atoms with Crippen LogP contribution in [-0.4, -0.2) is 24.3 Å². The zero-order valence-electron chi connectivity index (χ0n) is 10.6. The van der Waals surface area contributed by atoms with E-state index in [1.165, 1.54) is 7.11 Å². The maximum absolute atomic E-state index is 11.4. The van der Waals surface area contributed by atoms with Crippen molar-refractivity contribution in [3.05, 3.63) is 57.2 Å². The summed E-state index contributed by atoms with van der Waals surface area (Å²) in [5, 5.41) is 4.19. The van der Waals surface area contributed by atoms with Gasteiger partial charge in [0.2, 0.25) is 5.13 Å². The summed E-state index contributed by atoms with van der Waals surface area (Å²) < 4.78 is 4.56. The quantitative estimate of drug-likeness (QED) is 0.527. The van der Waals surface area contributed by atoms with E-state index < -0.39 is 11.5 Å². The number of hydrazone groups is 1. The van der Waals surface area contributed by atoms with Gasteiger partial charge in [0.05, 0.1) is 13.3 Å². The van der Waals surface area contributed by atoms with Crippen molar-refractivity contribution in [3.8, 4) is 0 Å². The first-order chi connectivity index (χ1) is 9.69. The molecule has 0 radical (unpaired) electrons. The molecule has 0 spiro atoms. The fourth-order valence-corrected chi connectivity index (χ4v) is 2.12. The number of carbonyl (C=O) groups excluding carboxylic acids is 1. The molecule has 0 saturated heterocycles. The van der Waals surface area contributed by atoms with Crippen LogP contribution in [0.5, 0.6) is 0 Å². The molecule has 1 aromatic heterocycles. The number of rotatable bonds is 4. The predicted octanol–water partition coefficient (Wildman–Crippen LogP) is 1.74. The average Bonchev–Trinajstić information content (AvgIpc) is 2.47. The van der Waals surface area contributed by atoms with Crippen LogP contribution in [0.3, 0.4) is 0 Å². The van der Waals surface area contributed by atoms with Gasteiger partial charge in [-0.15, -0.1) is 0 Å². The van der Waals surface area contributed by atoms with Crippen LogP contribution in [0, 0.1) is 0 Å². The smallest absolute Gasteiger partial charge is 0.348 e. The Morgan fingerprint density at radius 3 is 2.85 bits per heavy atom. The minimum atomic E-state index is -0.579. The molecule has 1 aromatic carbocycles. The summed E-state index contributed by atoms with van der Waals surface area (Å²) in [6, 6.07) is 10.6. The van der Waals surface area contributed by atoms with E-state index in [-0.39, 0.29) is 10.0 Å². The third-order valence-electron chi connectivity index (χ3n) is 2.23. The molecule has 102 valence electrons. The van der Waals surface area contributed by atoms with E-state index in [2.05, 4.69) is 20.2 Å². The van der Waals surface area contributed by atoms with E-state index in [0.29, 0.717) is 0 Å².